The van der Waals surface area contributed by atoms with E-state index in [0.717, 1.165) is 31.0 Å². The number of ether oxygens (including phenoxy) is 1. The third kappa shape index (κ3) is 3.12. The van der Waals surface area contributed by atoms with Crippen LogP contribution in [0.2, 0.25) is 0 Å². The van der Waals surface area contributed by atoms with Gasteiger partial charge in [0.05, 0.1) is 17.7 Å². The second-order valence-electron chi connectivity index (χ2n) is 6.37. The van der Waals surface area contributed by atoms with E-state index in [-0.39, 0.29) is 17.9 Å². The minimum atomic E-state index is -0.0522. The van der Waals surface area contributed by atoms with Gasteiger partial charge in [-0.25, -0.2) is 0 Å². The van der Waals surface area contributed by atoms with Crippen LogP contribution in [0, 0.1) is 5.92 Å². The highest BCUT2D eigenvalue weighted by atomic mass is 16.5. The number of carbonyl (C=O) groups is 1. The first-order valence-corrected chi connectivity index (χ1v) is 8.11. The number of hydrogen-bond acceptors (Lipinski definition) is 3. The van der Waals surface area contributed by atoms with Gasteiger partial charge in [0.25, 0.3) is 0 Å². The molecule has 5 nitrogen and oxygen atoms in total. The third-order valence-corrected chi connectivity index (χ3v) is 4.87. The number of aromatic nitrogens is 2. The largest absolute Gasteiger partial charge is 0.378 e. The average Bonchev–Trinajstić information content (AvgIpc) is 3.10. The fourth-order valence-electron chi connectivity index (χ4n) is 3.51. The number of nitrogens with one attached hydrogen (secondary N) is 1. The summed E-state index contributed by atoms with van der Waals surface area (Å²) in [5.41, 5.74) is 1.12. The first-order chi connectivity index (χ1) is 10.1. The van der Waals surface area contributed by atoms with Gasteiger partial charge in [0.15, 0.2) is 0 Å². The smallest absolute Gasteiger partial charge is 0.231 e. The van der Waals surface area contributed by atoms with Gasteiger partial charge in [0.1, 0.15) is 5.82 Å². The molecule has 0 bridgehead atoms. The van der Waals surface area contributed by atoms with Crippen LogP contribution in [0.25, 0.3) is 0 Å². The molecule has 1 aliphatic carbocycles. The van der Waals surface area contributed by atoms with Crippen molar-refractivity contribution < 1.29 is 9.53 Å². The monoisotopic (exact) mass is 291 g/mol. The van der Waals surface area contributed by atoms with Crippen molar-refractivity contribution >= 4 is 11.7 Å². The molecule has 116 valence electrons. The fraction of sp³-hybridized carbons (Fsp3) is 0.750. The molecule has 1 saturated heterocycles. The van der Waals surface area contributed by atoms with E-state index < -0.39 is 0 Å². The summed E-state index contributed by atoms with van der Waals surface area (Å²) in [6, 6.07) is 2.04. The van der Waals surface area contributed by atoms with Crippen LogP contribution in [0.1, 0.15) is 57.1 Å². The molecule has 1 saturated carbocycles. The molecule has 2 fully saturated rings. The molecule has 1 aliphatic heterocycles. The summed E-state index contributed by atoms with van der Waals surface area (Å²) < 4.78 is 7.37. The van der Waals surface area contributed by atoms with Gasteiger partial charge in [-0.05, 0) is 32.6 Å². The molecule has 2 aliphatic rings. The Morgan fingerprint density at radius 3 is 2.81 bits per heavy atom. The summed E-state index contributed by atoms with van der Waals surface area (Å²) in [6.45, 7) is 2.75. The molecule has 1 aromatic rings. The molecule has 0 radical (unpaired) electrons. The molecule has 2 unspecified atom stereocenters. The molecule has 0 spiro atoms. The maximum Gasteiger partial charge on any atom is 0.231 e. The van der Waals surface area contributed by atoms with Gasteiger partial charge in [0, 0.05) is 25.6 Å². The quantitative estimate of drug-likeness (QED) is 0.931. The Balaban J connectivity index is 1.67. The summed E-state index contributed by atoms with van der Waals surface area (Å²) in [7, 11) is 1.90. The van der Waals surface area contributed by atoms with Crippen LogP contribution >= 0.6 is 0 Å². The van der Waals surface area contributed by atoms with E-state index in [9.17, 15) is 4.79 Å². The lowest BCUT2D eigenvalue weighted by Gasteiger charge is -2.27. The van der Waals surface area contributed by atoms with Gasteiger partial charge in [-0.15, -0.1) is 0 Å². The van der Waals surface area contributed by atoms with Crippen LogP contribution in [-0.4, -0.2) is 28.4 Å². The van der Waals surface area contributed by atoms with E-state index in [0.29, 0.717) is 5.92 Å². The zero-order valence-corrected chi connectivity index (χ0v) is 13.0. The maximum atomic E-state index is 12.4. The van der Waals surface area contributed by atoms with Crippen molar-refractivity contribution in [3.63, 3.8) is 0 Å². The van der Waals surface area contributed by atoms with Crippen molar-refractivity contribution in [2.24, 2.45) is 13.0 Å². The Morgan fingerprint density at radius 2 is 2.10 bits per heavy atom. The van der Waals surface area contributed by atoms with Crippen molar-refractivity contribution in [2.75, 3.05) is 11.9 Å². The second kappa shape index (κ2) is 6.18. The summed E-state index contributed by atoms with van der Waals surface area (Å²) in [6.07, 6.45) is 6.89. The highest BCUT2D eigenvalue weighted by Gasteiger charge is 2.29. The van der Waals surface area contributed by atoms with Crippen molar-refractivity contribution in [2.45, 2.75) is 57.5 Å². The standard InChI is InChI=1S/C16H25N3O2/c1-11-13(8-5-9-21-11)16(20)17-15-10-14(18-19(15)2)12-6-3-4-7-12/h10-13H,3-9H2,1-2H3,(H,17,20). The number of anilines is 1. The molecule has 21 heavy (non-hydrogen) atoms. The summed E-state index contributed by atoms with van der Waals surface area (Å²) in [5, 5.41) is 7.62. The van der Waals surface area contributed by atoms with E-state index in [1.165, 1.54) is 25.7 Å². The van der Waals surface area contributed by atoms with Crippen LogP contribution in [0.5, 0.6) is 0 Å². The zero-order valence-electron chi connectivity index (χ0n) is 13.0. The van der Waals surface area contributed by atoms with Crippen LogP contribution in [0.3, 0.4) is 0 Å². The van der Waals surface area contributed by atoms with Gasteiger partial charge in [-0.2, -0.15) is 5.10 Å². The lowest BCUT2D eigenvalue weighted by molar-refractivity contribution is -0.127. The minimum absolute atomic E-state index is 0.00119. The predicted octanol–water partition coefficient (Wildman–Crippen LogP) is 2.83. The number of rotatable bonds is 3. The summed E-state index contributed by atoms with van der Waals surface area (Å²) in [4.78, 5) is 12.4. The first kappa shape index (κ1) is 14.6. The Hall–Kier alpha value is -1.36. The SMILES string of the molecule is CC1OCCCC1C(=O)Nc1cc(C2CCCC2)nn1C. The highest BCUT2D eigenvalue weighted by molar-refractivity contribution is 5.92. The average molecular weight is 291 g/mol. The molecule has 3 rings (SSSR count). The number of hydrogen-bond donors (Lipinski definition) is 1. The lowest BCUT2D eigenvalue weighted by atomic mass is 9.94. The minimum Gasteiger partial charge on any atom is -0.378 e. The molecule has 1 aromatic heterocycles. The van der Waals surface area contributed by atoms with Crippen LogP contribution in [-0.2, 0) is 16.6 Å². The number of nitrogens with zero attached hydrogens (tertiary/aromatic N) is 2. The Bertz CT molecular complexity index is 506. The number of aryl methyl sites for hydroxylation is 1. The van der Waals surface area contributed by atoms with E-state index >= 15 is 0 Å². The van der Waals surface area contributed by atoms with Crippen molar-refractivity contribution in [3.05, 3.63) is 11.8 Å². The van der Waals surface area contributed by atoms with Crippen molar-refractivity contribution in [3.8, 4) is 0 Å². The summed E-state index contributed by atoms with van der Waals surface area (Å²) in [5.74, 6) is 1.38. The van der Waals surface area contributed by atoms with E-state index in [1.807, 2.05) is 20.0 Å². The van der Waals surface area contributed by atoms with Crippen molar-refractivity contribution in [1.82, 2.24) is 9.78 Å². The van der Waals surface area contributed by atoms with Gasteiger partial charge >= 0.3 is 0 Å². The van der Waals surface area contributed by atoms with E-state index in [1.54, 1.807) is 4.68 Å². The van der Waals surface area contributed by atoms with E-state index in [4.69, 9.17) is 4.74 Å². The normalized spacial score (nSPS) is 27.0. The molecular weight excluding hydrogens is 266 g/mol. The summed E-state index contributed by atoms with van der Waals surface area (Å²) >= 11 is 0. The van der Waals surface area contributed by atoms with Gasteiger partial charge in [0.2, 0.25) is 5.91 Å². The van der Waals surface area contributed by atoms with Gasteiger partial charge in [-0.3, -0.25) is 9.48 Å². The molecule has 1 N–H and O–H groups in total. The molecule has 2 atom stereocenters. The molecular formula is C16H25N3O2. The lowest BCUT2D eigenvalue weighted by Crippen LogP contribution is -2.36. The molecule has 5 heteroatoms. The Kier molecular flexibility index (Phi) is 4.29. The Morgan fingerprint density at radius 1 is 1.33 bits per heavy atom. The van der Waals surface area contributed by atoms with Crippen LogP contribution < -0.4 is 5.32 Å². The predicted molar refractivity (Wildman–Crippen MR) is 81.2 cm³/mol. The van der Waals surface area contributed by atoms with E-state index in [2.05, 4.69) is 10.4 Å². The molecule has 0 aromatic carbocycles. The topological polar surface area (TPSA) is 56.1 Å². The van der Waals surface area contributed by atoms with Crippen molar-refractivity contribution in [1.29, 1.82) is 0 Å². The fourth-order valence-corrected chi connectivity index (χ4v) is 3.51. The van der Waals surface area contributed by atoms with Gasteiger partial charge < -0.3 is 10.1 Å². The van der Waals surface area contributed by atoms with Gasteiger partial charge in [-0.1, -0.05) is 12.8 Å². The maximum absolute atomic E-state index is 12.4. The van der Waals surface area contributed by atoms with Crippen LogP contribution in [0.15, 0.2) is 6.07 Å². The third-order valence-electron chi connectivity index (χ3n) is 4.87. The Labute approximate surface area is 126 Å². The zero-order chi connectivity index (χ0) is 14.8. The second-order valence-corrected chi connectivity index (χ2v) is 6.37. The van der Waals surface area contributed by atoms with Crippen LogP contribution in [0.4, 0.5) is 5.82 Å². The number of carbonyl (C=O) groups excluding carboxylic acids is 1. The highest BCUT2D eigenvalue weighted by Crippen LogP contribution is 2.34. The molecule has 2 heterocycles. The molecule has 1 amide bonds. The first-order valence-electron chi connectivity index (χ1n) is 8.11. The number of amides is 1.